The first kappa shape index (κ1) is 17.0. The zero-order valence-electron chi connectivity index (χ0n) is 14.0. The van der Waals surface area contributed by atoms with Crippen LogP contribution in [0, 0.1) is 13.8 Å². The van der Waals surface area contributed by atoms with Crippen molar-refractivity contribution in [2.45, 2.75) is 13.8 Å². The second-order valence-electron chi connectivity index (χ2n) is 5.81. The van der Waals surface area contributed by atoms with E-state index in [1.54, 1.807) is 6.08 Å². The quantitative estimate of drug-likeness (QED) is 0.515. The summed E-state index contributed by atoms with van der Waals surface area (Å²) in [6.45, 7) is 7.66. The van der Waals surface area contributed by atoms with Crippen LogP contribution in [0.25, 0.3) is 11.8 Å². The van der Waals surface area contributed by atoms with Gasteiger partial charge in [-0.05, 0) is 43.7 Å². The number of amides is 3. The van der Waals surface area contributed by atoms with Gasteiger partial charge in [-0.3, -0.25) is 9.69 Å². The lowest BCUT2D eigenvalue weighted by Gasteiger charge is -2.11. The third kappa shape index (κ3) is 2.98. The molecule has 1 saturated heterocycles. The number of halogens is 1. The molecule has 3 amide bonds. The van der Waals surface area contributed by atoms with Gasteiger partial charge in [0.25, 0.3) is 5.91 Å². The van der Waals surface area contributed by atoms with Gasteiger partial charge >= 0.3 is 6.03 Å². The molecule has 128 valence electrons. The number of urea groups is 1. The number of aryl methyl sites for hydroxylation is 1. The zero-order chi connectivity index (χ0) is 18.1. The van der Waals surface area contributed by atoms with Crippen molar-refractivity contribution in [3.8, 4) is 5.69 Å². The first-order valence-corrected chi connectivity index (χ1v) is 8.21. The van der Waals surface area contributed by atoms with E-state index in [4.69, 9.17) is 11.6 Å². The van der Waals surface area contributed by atoms with Crippen molar-refractivity contribution in [2.75, 3.05) is 6.54 Å². The minimum Gasteiger partial charge on any atom is -0.316 e. The van der Waals surface area contributed by atoms with Crippen molar-refractivity contribution in [1.82, 2.24) is 14.8 Å². The van der Waals surface area contributed by atoms with Gasteiger partial charge in [-0.25, -0.2) is 4.79 Å². The lowest BCUT2D eigenvalue weighted by Crippen LogP contribution is -2.30. The molecule has 1 aromatic carbocycles. The first-order chi connectivity index (χ1) is 11.9. The molecular formula is C19H18ClN3O2. The molecule has 0 saturated carbocycles. The van der Waals surface area contributed by atoms with Gasteiger partial charge < -0.3 is 9.88 Å². The maximum Gasteiger partial charge on any atom is 0.329 e. The minimum atomic E-state index is -0.434. The zero-order valence-corrected chi connectivity index (χ0v) is 14.8. The van der Waals surface area contributed by atoms with Crippen LogP contribution in [0.4, 0.5) is 4.79 Å². The third-order valence-electron chi connectivity index (χ3n) is 4.14. The minimum absolute atomic E-state index is 0.181. The Kier molecular flexibility index (Phi) is 4.51. The molecule has 2 heterocycles. The summed E-state index contributed by atoms with van der Waals surface area (Å²) in [5.41, 5.74) is 3.89. The highest BCUT2D eigenvalue weighted by atomic mass is 35.5. The fourth-order valence-electron chi connectivity index (χ4n) is 2.96. The van der Waals surface area contributed by atoms with Crippen molar-refractivity contribution in [3.63, 3.8) is 0 Å². The molecule has 2 aromatic rings. The normalized spacial score (nSPS) is 15.8. The van der Waals surface area contributed by atoms with Gasteiger partial charge in [-0.1, -0.05) is 29.8 Å². The summed E-state index contributed by atoms with van der Waals surface area (Å²) in [6.07, 6.45) is 3.21. The van der Waals surface area contributed by atoms with Crippen LogP contribution in [-0.2, 0) is 4.79 Å². The molecule has 6 heteroatoms. The number of para-hydroxylation sites is 1. The Morgan fingerprint density at radius 2 is 1.96 bits per heavy atom. The molecule has 1 aliphatic rings. The van der Waals surface area contributed by atoms with Gasteiger partial charge in [-0.15, -0.1) is 6.58 Å². The number of hydrogen-bond acceptors (Lipinski definition) is 2. The number of carbonyl (C=O) groups excluding carboxylic acids is 2. The van der Waals surface area contributed by atoms with Crippen LogP contribution in [0.1, 0.15) is 17.0 Å². The number of aromatic nitrogens is 1. The van der Waals surface area contributed by atoms with E-state index >= 15 is 0 Å². The number of carbonyl (C=O) groups is 2. The predicted octanol–water partition coefficient (Wildman–Crippen LogP) is 3.83. The highest BCUT2D eigenvalue weighted by Gasteiger charge is 2.32. The topological polar surface area (TPSA) is 54.3 Å². The molecular weight excluding hydrogens is 338 g/mol. The van der Waals surface area contributed by atoms with E-state index in [-0.39, 0.29) is 18.1 Å². The second kappa shape index (κ2) is 6.61. The molecule has 1 aliphatic heterocycles. The Hall–Kier alpha value is -2.79. The third-order valence-corrected chi connectivity index (χ3v) is 4.46. The van der Waals surface area contributed by atoms with Crippen molar-refractivity contribution >= 4 is 29.6 Å². The molecule has 0 spiro atoms. The Bertz CT molecular complexity index is 911. The second-order valence-corrected chi connectivity index (χ2v) is 6.21. The summed E-state index contributed by atoms with van der Waals surface area (Å²) in [4.78, 5) is 25.3. The number of benzene rings is 1. The van der Waals surface area contributed by atoms with E-state index in [2.05, 4.69) is 11.9 Å². The van der Waals surface area contributed by atoms with Gasteiger partial charge in [0.1, 0.15) is 5.70 Å². The average molecular weight is 356 g/mol. The largest absolute Gasteiger partial charge is 0.329 e. The van der Waals surface area contributed by atoms with Crippen LogP contribution >= 0.6 is 11.6 Å². The molecule has 1 aromatic heterocycles. The average Bonchev–Trinajstić information content (AvgIpc) is 2.99. The summed E-state index contributed by atoms with van der Waals surface area (Å²) >= 11 is 6.32. The molecule has 0 atom stereocenters. The van der Waals surface area contributed by atoms with Crippen LogP contribution in [0.5, 0.6) is 0 Å². The molecule has 0 aliphatic carbocycles. The summed E-state index contributed by atoms with van der Waals surface area (Å²) in [6, 6.07) is 9.10. The Morgan fingerprint density at radius 1 is 1.24 bits per heavy atom. The number of nitrogens with one attached hydrogen (secondary N) is 1. The molecule has 25 heavy (non-hydrogen) atoms. The monoisotopic (exact) mass is 355 g/mol. The SMILES string of the molecule is C=CCN1C(=O)NC(=Cc2cc(C)n(-c3ccccc3Cl)c2C)C1=O. The highest BCUT2D eigenvalue weighted by molar-refractivity contribution is 6.32. The fourth-order valence-corrected chi connectivity index (χ4v) is 3.18. The van der Waals surface area contributed by atoms with E-state index in [1.807, 2.05) is 48.7 Å². The number of rotatable bonds is 4. The van der Waals surface area contributed by atoms with Gasteiger partial charge in [0, 0.05) is 17.9 Å². The summed E-state index contributed by atoms with van der Waals surface area (Å²) in [5, 5.41) is 3.25. The summed E-state index contributed by atoms with van der Waals surface area (Å²) in [7, 11) is 0. The number of imide groups is 1. The van der Waals surface area contributed by atoms with Crippen molar-refractivity contribution in [3.05, 3.63) is 70.7 Å². The van der Waals surface area contributed by atoms with Crippen molar-refractivity contribution in [2.24, 2.45) is 0 Å². The number of nitrogens with zero attached hydrogens (tertiary/aromatic N) is 2. The van der Waals surface area contributed by atoms with E-state index in [0.29, 0.717) is 5.02 Å². The van der Waals surface area contributed by atoms with Crippen LogP contribution in [0.2, 0.25) is 5.02 Å². The Labute approximate surface area is 151 Å². The van der Waals surface area contributed by atoms with Gasteiger partial charge in [0.2, 0.25) is 0 Å². The van der Waals surface area contributed by atoms with Gasteiger partial charge in [0.15, 0.2) is 0 Å². The van der Waals surface area contributed by atoms with E-state index in [9.17, 15) is 9.59 Å². The van der Waals surface area contributed by atoms with Crippen LogP contribution in [-0.4, -0.2) is 28.0 Å². The molecule has 0 unspecified atom stereocenters. The van der Waals surface area contributed by atoms with Crippen LogP contribution < -0.4 is 5.32 Å². The highest BCUT2D eigenvalue weighted by Crippen LogP contribution is 2.27. The van der Waals surface area contributed by atoms with Gasteiger partial charge in [-0.2, -0.15) is 0 Å². The smallest absolute Gasteiger partial charge is 0.316 e. The molecule has 5 nitrogen and oxygen atoms in total. The van der Waals surface area contributed by atoms with E-state index in [0.717, 1.165) is 27.5 Å². The van der Waals surface area contributed by atoms with Crippen LogP contribution in [0.3, 0.4) is 0 Å². The molecule has 1 N–H and O–H groups in total. The lowest BCUT2D eigenvalue weighted by molar-refractivity contribution is -0.122. The van der Waals surface area contributed by atoms with E-state index < -0.39 is 6.03 Å². The lowest BCUT2D eigenvalue weighted by atomic mass is 10.2. The van der Waals surface area contributed by atoms with Gasteiger partial charge in [0.05, 0.1) is 10.7 Å². The molecule has 0 bridgehead atoms. The molecule has 1 fully saturated rings. The summed E-state index contributed by atoms with van der Waals surface area (Å²) in [5.74, 6) is -0.354. The van der Waals surface area contributed by atoms with E-state index in [1.165, 1.54) is 6.08 Å². The Morgan fingerprint density at radius 3 is 2.64 bits per heavy atom. The number of hydrogen-bond donors (Lipinski definition) is 1. The van der Waals surface area contributed by atoms with Crippen molar-refractivity contribution < 1.29 is 9.59 Å². The molecule has 0 radical (unpaired) electrons. The maximum atomic E-state index is 12.3. The van der Waals surface area contributed by atoms with Crippen molar-refractivity contribution in [1.29, 1.82) is 0 Å². The maximum absolute atomic E-state index is 12.3. The first-order valence-electron chi connectivity index (χ1n) is 7.83. The molecule has 3 rings (SSSR count). The predicted molar refractivity (Wildman–Crippen MR) is 98.7 cm³/mol. The standard InChI is InChI=1S/C19H18ClN3O2/c1-4-9-22-18(24)16(21-19(22)25)11-14-10-12(2)23(13(14)3)17-8-6-5-7-15(17)20/h4-8,10-11H,1,9H2,2-3H3,(H,21,25). The fraction of sp³-hybridized carbons (Fsp3) is 0.158. The summed E-state index contributed by atoms with van der Waals surface area (Å²) < 4.78 is 2.03. The van der Waals surface area contributed by atoms with Crippen LogP contribution in [0.15, 0.2) is 48.7 Å². The Balaban J connectivity index is 2.02.